The Morgan fingerprint density at radius 2 is 2.24 bits per heavy atom. The first-order chi connectivity index (χ1) is 10.0. The highest BCUT2D eigenvalue weighted by molar-refractivity contribution is 6.34. The second kappa shape index (κ2) is 5.79. The van der Waals surface area contributed by atoms with E-state index in [0.717, 1.165) is 42.7 Å². The minimum Gasteiger partial charge on any atom is -0.375 e. The van der Waals surface area contributed by atoms with Crippen LogP contribution in [-0.2, 0) is 11.2 Å². The molecule has 2 heterocycles. The smallest absolute Gasteiger partial charge is 0.111 e. The molecule has 1 aromatic heterocycles. The molecule has 114 valence electrons. The zero-order valence-corrected chi connectivity index (χ0v) is 13.9. The maximum absolute atomic E-state index is 6.30. The summed E-state index contributed by atoms with van der Waals surface area (Å²) in [6.07, 6.45) is 2.72. The van der Waals surface area contributed by atoms with Gasteiger partial charge in [0.25, 0.3) is 0 Å². The van der Waals surface area contributed by atoms with E-state index in [1.807, 2.05) is 12.1 Å². The Bertz CT molecular complexity index is 651. The molecular weight excluding hydrogens is 307 g/mol. The first-order valence-electron chi connectivity index (χ1n) is 7.37. The standard InChI is InChI=1S/C16H20Cl2N2O/c1-16(2)10-11(7-9-21-16)20-13-5-3-4-12(18)15(13)19-14(20)6-8-17/h3-5,11H,6-10H2,1-2H3. The van der Waals surface area contributed by atoms with Crippen LogP contribution >= 0.6 is 23.2 Å². The van der Waals surface area contributed by atoms with Gasteiger partial charge in [0.1, 0.15) is 11.3 Å². The molecule has 0 bridgehead atoms. The lowest BCUT2D eigenvalue weighted by molar-refractivity contribution is -0.0688. The van der Waals surface area contributed by atoms with E-state index in [9.17, 15) is 0 Å². The van der Waals surface area contributed by atoms with Crippen LogP contribution in [0, 0.1) is 0 Å². The molecule has 1 aromatic carbocycles. The summed E-state index contributed by atoms with van der Waals surface area (Å²) in [5.74, 6) is 1.59. The number of hydrogen-bond donors (Lipinski definition) is 0. The topological polar surface area (TPSA) is 27.1 Å². The number of halogens is 2. The van der Waals surface area contributed by atoms with Crippen LogP contribution in [0.25, 0.3) is 11.0 Å². The fourth-order valence-electron chi connectivity index (χ4n) is 3.22. The van der Waals surface area contributed by atoms with E-state index in [1.165, 1.54) is 0 Å². The van der Waals surface area contributed by atoms with Crippen molar-refractivity contribution in [3.63, 3.8) is 0 Å². The molecule has 0 amide bonds. The Labute approximate surface area is 135 Å². The number of imidazole rings is 1. The molecule has 5 heteroatoms. The van der Waals surface area contributed by atoms with Crippen molar-refractivity contribution >= 4 is 34.2 Å². The highest BCUT2D eigenvalue weighted by atomic mass is 35.5. The van der Waals surface area contributed by atoms with Gasteiger partial charge in [0.15, 0.2) is 0 Å². The fourth-order valence-corrected chi connectivity index (χ4v) is 3.60. The SMILES string of the molecule is CC1(C)CC(n2c(CCCl)nc3c(Cl)cccc32)CCO1. The van der Waals surface area contributed by atoms with Crippen molar-refractivity contribution in [1.82, 2.24) is 9.55 Å². The molecule has 1 aliphatic rings. The maximum Gasteiger partial charge on any atom is 0.111 e. The summed E-state index contributed by atoms with van der Waals surface area (Å²) in [6, 6.07) is 6.35. The molecular formula is C16H20Cl2N2O. The average molecular weight is 327 g/mol. The highest BCUT2D eigenvalue weighted by Crippen LogP contribution is 2.36. The lowest BCUT2D eigenvalue weighted by Gasteiger charge is -2.37. The van der Waals surface area contributed by atoms with Crippen molar-refractivity contribution in [1.29, 1.82) is 0 Å². The zero-order chi connectivity index (χ0) is 15.0. The van der Waals surface area contributed by atoms with Gasteiger partial charge >= 0.3 is 0 Å². The molecule has 0 aliphatic carbocycles. The van der Waals surface area contributed by atoms with Crippen molar-refractivity contribution in [3.05, 3.63) is 29.0 Å². The molecule has 0 N–H and O–H groups in total. The van der Waals surface area contributed by atoms with E-state index in [4.69, 9.17) is 32.9 Å². The summed E-state index contributed by atoms with van der Waals surface area (Å²) < 4.78 is 8.17. The number of rotatable bonds is 3. The monoisotopic (exact) mass is 326 g/mol. The van der Waals surface area contributed by atoms with E-state index in [0.29, 0.717) is 16.9 Å². The van der Waals surface area contributed by atoms with E-state index >= 15 is 0 Å². The lowest BCUT2D eigenvalue weighted by atomic mass is 9.93. The van der Waals surface area contributed by atoms with E-state index < -0.39 is 0 Å². The number of hydrogen-bond acceptors (Lipinski definition) is 2. The molecule has 2 aromatic rings. The number of nitrogens with zero attached hydrogens (tertiary/aromatic N) is 2. The zero-order valence-electron chi connectivity index (χ0n) is 12.4. The molecule has 0 spiro atoms. The van der Waals surface area contributed by atoms with Crippen LogP contribution in [0.5, 0.6) is 0 Å². The maximum atomic E-state index is 6.30. The third-order valence-electron chi connectivity index (χ3n) is 4.10. The second-order valence-corrected chi connectivity index (χ2v) is 6.98. The third-order valence-corrected chi connectivity index (χ3v) is 4.59. The normalized spacial score (nSPS) is 21.8. The lowest BCUT2D eigenvalue weighted by Crippen LogP contribution is -2.35. The molecule has 21 heavy (non-hydrogen) atoms. The number of aryl methyl sites for hydroxylation is 1. The summed E-state index contributed by atoms with van der Waals surface area (Å²) in [6.45, 7) is 5.07. The van der Waals surface area contributed by atoms with E-state index in [1.54, 1.807) is 0 Å². The van der Waals surface area contributed by atoms with Crippen molar-refractivity contribution in [3.8, 4) is 0 Å². The number of alkyl halides is 1. The van der Waals surface area contributed by atoms with Gasteiger partial charge < -0.3 is 9.30 Å². The molecule has 3 nitrogen and oxygen atoms in total. The number of benzene rings is 1. The van der Waals surface area contributed by atoms with Crippen molar-refractivity contribution in [2.45, 2.75) is 44.8 Å². The molecule has 1 atom stereocenters. The van der Waals surface area contributed by atoms with Crippen molar-refractivity contribution < 1.29 is 4.74 Å². The van der Waals surface area contributed by atoms with Crippen LogP contribution in [0.3, 0.4) is 0 Å². The molecule has 0 saturated carbocycles. The highest BCUT2D eigenvalue weighted by Gasteiger charge is 2.31. The average Bonchev–Trinajstić information content (AvgIpc) is 2.78. The second-order valence-electron chi connectivity index (χ2n) is 6.20. The Kier molecular flexibility index (Phi) is 4.17. The van der Waals surface area contributed by atoms with Gasteiger partial charge in [-0.25, -0.2) is 4.98 Å². The van der Waals surface area contributed by atoms with Crippen LogP contribution in [0.1, 0.15) is 38.6 Å². The van der Waals surface area contributed by atoms with Gasteiger partial charge in [-0.1, -0.05) is 17.7 Å². The Balaban J connectivity index is 2.11. The third kappa shape index (κ3) is 2.92. The molecule has 3 rings (SSSR count). The first-order valence-corrected chi connectivity index (χ1v) is 8.28. The number of para-hydroxylation sites is 1. The number of ether oxygens (including phenoxy) is 1. The van der Waals surface area contributed by atoms with Crippen molar-refractivity contribution in [2.75, 3.05) is 12.5 Å². The van der Waals surface area contributed by atoms with Gasteiger partial charge in [0, 0.05) is 24.9 Å². The predicted molar refractivity (Wildman–Crippen MR) is 87.5 cm³/mol. The fraction of sp³-hybridized carbons (Fsp3) is 0.562. The van der Waals surface area contributed by atoms with Crippen LogP contribution in [-0.4, -0.2) is 27.6 Å². The summed E-state index contributed by atoms with van der Waals surface area (Å²) in [7, 11) is 0. The van der Waals surface area contributed by atoms with E-state index in [-0.39, 0.29) is 5.60 Å². The van der Waals surface area contributed by atoms with Crippen LogP contribution in [0.4, 0.5) is 0 Å². The van der Waals surface area contributed by atoms with Gasteiger partial charge in [-0.15, -0.1) is 11.6 Å². The minimum absolute atomic E-state index is 0.101. The van der Waals surface area contributed by atoms with Gasteiger partial charge in [0.2, 0.25) is 0 Å². The first kappa shape index (κ1) is 15.1. The minimum atomic E-state index is -0.101. The summed E-state index contributed by atoms with van der Waals surface area (Å²) in [5, 5.41) is 0.702. The molecule has 1 unspecified atom stereocenters. The quantitative estimate of drug-likeness (QED) is 0.770. The Morgan fingerprint density at radius 1 is 1.43 bits per heavy atom. The Hall–Kier alpha value is -0.770. The van der Waals surface area contributed by atoms with E-state index in [2.05, 4.69) is 24.5 Å². The molecule has 1 fully saturated rings. The number of fused-ring (bicyclic) bond motifs is 1. The van der Waals surface area contributed by atoms with Gasteiger partial charge in [-0.3, -0.25) is 0 Å². The van der Waals surface area contributed by atoms with Crippen LogP contribution in [0.15, 0.2) is 18.2 Å². The van der Waals surface area contributed by atoms with Crippen LogP contribution in [0.2, 0.25) is 5.02 Å². The summed E-state index contributed by atoms with van der Waals surface area (Å²) >= 11 is 12.3. The molecule has 1 aliphatic heterocycles. The van der Waals surface area contributed by atoms with Gasteiger partial charge in [-0.2, -0.15) is 0 Å². The summed E-state index contributed by atoms with van der Waals surface area (Å²) in [5.41, 5.74) is 1.88. The van der Waals surface area contributed by atoms with Gasteiger partial charge in [0.05, 0.1) is 16.1 Å². The van der Waals surface area contributed by atoms with Gasteiger partial charge in [-0.05, 0) is 38.8 Å². The molecule has 1 saturated heterocycles. The van der Waals surface area contributed by atoms with Crippen molar-refractivity contribution in [2.24, 2.45) is 0 Å². The predicted octanol–water partition coefficient (Wildman–Crippen LogP) is 4.60. The largest absolute Gasteiger partial charge is 0.375 e. The number of aromatic nitrogens is 2. The molecule has 0 radical (unpaired) electrons. The Morgan fingerprint density at radius 3 is 2.95 bits per heavy atom. The van der Waals surface area contributed by atoms with Crippen LogP contribution < -0.4 is 0 Å². The summed E-state index contributed by atoms with van der Waals surface area (Å²) in [4.78, 5) is 4.73.